The summed E-state index contributed by atoms with van der Waals surface area (Å²) in [4.78, 5) is 24.6. The lowest BCUT2D eigenvalue weighted by atomic mass is 10.0. The van der Waals surface area contributed by atoms with Gasteiger partial charge in [0.1, 0.15) is 0 Å². The predicted octanol–water partition coefficient (Wildman–Crippen LogP) is 5.16. The van der Waals surface area contributed by atoms with Crippen LogP contribution in [0.25, 0.3) is 16.8 Å². The van der Waals surface area contributed by atoms with Gasteiger partial charge in [0.2, 0.25) is 5.91 Å². The van der Waals surface area contributed by atoms with Crippen LogP contribution in [-0.2, 0) is 16.0 Å². The highest BCUT2D eigenvalue weighted by Gasteiger charge is 2.09. The van der Waals surface area contributed by atoms with Gasteiger partial charge in [-0.05, 0) is 51.7 Å². The third-order valence-corrected chi connectivity index (χ3v) is 5.24. The highest BCUT2D eigenvalue weighted by atomic mass is 16.6. The molecule has 0 heterocycles. The van der Waals surface area contributed by atoms with Crippen LogP contribution in [0.2, 0.25) is 0 Å². The van der Waals surface area contributed by atoms with Crippen LogP contribution in [0.15, 0.2) is 102 Å². The van der Waals surface area contributed by atoms with E-state index in [4.69, 9.17) is 9.47 Å². The number of fused-ring (bicyclic) bond motifs is 1. The van der Waals surface area contributed by atoms with Crippen molar-refractivity contribution in [3.63, 3.8) is 0 Å². The summed E-state index contributed by atoms with van der Waals surface area (Å²) in [6.07, 6.45) is 4.75. The number of hydrogen-bond donors (Lipinski definition) is 1. The van der Waals surface area contributed by atoms with E-state index in [-0.39, 0.29) is 18.1 Å². The molecule has 0 aromatic heterocycles. The molecule has 4 rings (SSSR count). The lowest BCUT2D eigenvalue weighted by molar-refractivity contribution is -0.129. The molecule has 6 heteroatoms. The van der Waals surface area contributed by atoms with E-state index in [9.17, 15) is 9.59 Å². The van der Waals surface area contributed by atoms with Crippen LogP contribution in [-0.4, -0.2) is 25.2 Å². The summed E-state index contributed by atoms with van der Waals surface area (Å²) in [5.74, 6) is -0.0839. The van der Waals surface area contributed by atoms with Gasteiger partial charge in [0.05, 0.1) is 19.7 Å². The summed E-state index contributed by atoms with van der Waals surface area (Å²) in [5.41, 5.74) is 5.06. The Morgan fingerprint density at radius 2 is 1.63 bits per heavy atom. The van der Waals surface area contributed by atoms with Crippen molar-refractivity contribution in [3.8, 4) is 11.5 Å². The maximum Gasteiger partial charge on any atom is 0.336 e. The van der Waals surface area contributed by atoms with Crippen LogP contribution in [0, 0.1) is 0 Å². The van der Waals surface area contributed by atoms with Gasteiger partial charge in [0.25, 0.3) is 0 Å². The SMILES string of the molecule is COc1cc(C=NNC(=O)Cc2cccc3ccccc23)ccc1OC(=O)C=Cc1ccccc1. The van der Waals surface area contributed by atoms with Crippen LogP contribution >= 0.6 is 0 Å². The number of carbonyl (C=O) groups excluding carboxylic acids is 2. The Bertz CT molecular complexity index is 1390. The molecule has 4 aromatic carbocycles. The van der Waals surface area contributed by atoms with Crippen molar-refractivity contribution < 1.29 is 19.1 Å². The van der Waals surface area contributed by atoms with Crippen LogP contribution in [0.5, 0.6) is 11.5 Å². The van der Waals surface area contributed by atoms with Gasteiger partial charge in [0.15, 0.2) is 11.5 Å². The van der Waals surface area contributed by atoms with E-state index in [0.29, 0.717) is 11.3 Å². The summed E-state index contributed by atoms with van der Waals surface area (Å²) in [6.45, 7) is 0. The fourth-order valence-corrected chi connectivity index (χ4v) is 3.56. The number of nitrogens with one attached hydrogen (secondary N) is 1. The van der Waals surface area contributed by atoms with Gasteiger partial charge in [-0.15, -0.1) is 0 Å². The average molecular weight is 465 g/mol. The number of esters is 1. The molecule has 0 fully saturated rings. The molecule has 0 saturated heterocycles. The lowest BCUT2D eigenvalue weighted by Gasteiger charge is -2.08. The second-order valence-corrected chi connectivity index (χ2v) is 7.68. The van der Waals surface area contributed by atoms with Crippen molar-refractivity contribution in [2.24, 2.45) is 5.10 Å². The monoisotopic (exact) mass is 464 g/mol. The normalized spacial score (nSPS) is 11.1. The number of rotatable bonds is 8. The molecule has 0 aliphatic rings. The zero-order valence-electron chi connectivity index (χ0n) is 19.2. The second-order valence-electron chi connectivity index (χ2n) is 7.68. The first kappa shape index (κ1) is 23.4. The zero-order chi connectivity index (χ0) is 24.5. The molecule has 0 bridgehead atoms. The van der Waals surface area contributed by atoms with E-state index in [1.807, 2.05) is 72.8 Å². The van der Waals surface area contributed by atoms with E-state index >= 15 is 0 Å². The number of hydrogen-bond acceptors (Lipinski definition) is 5. The molecular weight excluding hydrogens is 440 g/mol. The fourth-order valence-electron chi connectivity index (χ4n) is 3.56. The third kappa shape index (κ3) is 6.42. The minimum absolute atomic E-state index is 0.216. The zero-order valence-corrected chi connectivity index (χ0v) is 19.2. The molecule has 1 amide bonds. The Morgan fingerprint density at radius 3 is 2.46 bits per heavy atom. The third-order valence-electron chi connectivity index (χ3n) is 5.24. The van der Waals surface area contributed by atoms with Crippen molar-refractivity contribution in [2.45, 2.75) is 6.42 Å². The Labute approximate surface area is 203 Å². The topological polar surface area (TPSA) is 77.0 Å². The van der Waals surface area contributed by atoms with Crippen molar-refractivity contribution in [2.75, 3.05) is 7.11 Å². The molecule has 0 aliphatic heterocycles. The molecule has 35 heavy (non-hydrogen) atoms. The molecule has 0 spiro atoms. The number of ether oxygens (including phenoxy) is 2. The minimum atomic E-state index is -0.519. The highest BCUT2D eigenvalue weighted by Crippen LogP contribution is 2.28. The predicted molar refractivity (Wildman–Crippen MR) is 137 cm³/mol. The molecular formula is C29H24N2O4. The van der Waals surface area contributed by atoms with E-state index in [1.165, 1.54) is 19.4 Å². The number of benzene rings is 4. The number of amides is 1. The van der Waals surface area contributed by atoms with Gasteiger partial charge in [0, 0.05) is 6.08 Å². The molecule has 174 valence electrons. The van der Waals surface area contributed by atoms with Gasteiger partial charge in [-0.2, -0.15) is 5.10 Å². The number of nitrogens with zero attached hydrogens (tertiary/aromatic N) is 1. The van der Waals surface area contributed by atoms with Gasteiger partial charge >= 0.3 is 5.97 Å². The first-order valence-electron chi connectivity index (χ1n) is 11.0. The summed E-state index contributed by atoms with van der Waals surface area (Å²) in [7, 11) is 1.49. The van der Waals surface area contributed by atoms with Gasteiger partial charge in [-0.25, -0.2) is 10.2 Å². The van der Waals surface area contributed by atoms with Crippen molar-refractivity contribution in [1.29, 1.82) is 0 Å². The van der Waals surface area contributed by atoms with Crippen molar-refractivity contribution >= 4 is 34.9 Å². The quantitative estimate of drug-likeness (QED) is 0.128. The highest BCUT2D eigenvalue weighted by molar-refractivity contribution is 5.91. The molecule has 0 atom stereocenters. The average Bonchev–Trinajstić information content (AvgIpc) is 2.89. The van der Waals surface area contributed by atoms with E-state index < -0.39 is 5.97 Å². The Hall–Kier alpha value is -4.71. The maximum atomic E-state index is 12.4. The standard InChI is InChI=1S/C29H24N2O4/c1-34-27-18-22(14-16-26(27)35-29(33)17-15-21-8-3-2-4-9-21)20-30-31-28(32)19-24-12-7-11-23-10-5-6-13-25(23)24/h2-18,20H,19H2,1H3,(H,31,32). The van der Waals surface area contributed by atoms with Gasteiger partial charge < -0.3 is 9.47 Å². The maximum absolute atomic E-state index is 12.4. The summed E-state index contributed by atoms with van der Waals surface area (Å²) in [6, 6.07) is 28.3. The van der Waals surface area contributed by atoms with Gasteiger partial charge in [-0.1, -0.05) is 72.8 Å². The molecule has 1 N–H and O–H groups in total. The van der Waals surface area contributed by atoms with Crippen LogP contribution in [0.3, 0.4) is 0 Å². The molecule has 0 radical (unpaired) electrons. The Kier molecular flexibility index (Phi) is 7.66. The molecule has 0 unspecified atom stereocenters. The smallest absolute Gasteiger partial charge is 0.336 e. The summed E-state index contributed by atoms with van der Waals surface area (Å²) in [5, 5.41) is 6.18. The van der Waals surface area contributed by atoms with Crippen molar-refractivity contribution in [1.82, 2.24) is 5.43 Å². The lowest BCUT2D eigenvalue weighted by Crippen LogP contribution is -2.19. The largest absolute Gasteiger partial charge is 0.493 e. The van der Waals surface area contributed by atoms with Crippen LogP contribution in [0.4, 0.5) is 0 Å². The Morgan fingerprint density at radius 1 is 0.857 bits per heavy atom. The molecule has 6 nitrogen and oxygen atoms in total. The summed E-state index contributed by atoms with van der Waals surface area (Å²) < 4.78 is 10.7. The van der Waals surface area contributed by atoms with E-state index in [0.717, 1.165) is 21.9 Å². The van der Waals surface area contributed by atoms with Crippen LogP contribution in [0.1, 0.15) is 16.7 Å². The molecule has 0 aliphatic carbocycles. The Balaban J connectivity index is 1.36. The van der Waals surface area contributed by atoms with E-state index in [2.05, 4.69) is 10.5 Å². The fraction of sp³-hybridized carbons (Fsp3) is 0.0690. The second kappa shape index (κ2) is 11.4. The van der Waals surface area contributed by atoms with Crippen molar-refractivity contribution in [3.05, 3.63) is 114 Å². The van der Waals surface area contributed by atoms with Gasteiger partial charge in [-0.3, -0.25) is 4.79 Å². The minimum Gasteiger partial charge on any atom is -0.493 e. The molecule has 4 aromatic rings. The first-order valence-corrected chi connectivity index (χ1v) is 11.0. The first-order chi connectivity index (χ1) is 17.1. The summed E-state index contributed by atoms with van der Waals surface area (Å²) >= 11 is 0. The van der Waals surface area contributed by atoms with E-state index in [1.54, 1.807) is 24.3 Å². The number of hydrazone groups is 1. The molecule has 0 saturated carbocycles. The number of methoxy groups -OCH3 is 1. The number of carbonyl (C=O) groups is 2. The van der Waals surface area contributed by atoms with Crippen LogP contribution < -0.4 is 14.9 Å².